The van der Waals surface area contributed by atoms with E-state index in [0.29, 0.717) is 0 Å². The average molecular weight is 893 g/mol. The summed E-state index contributed by atoms with van der Waals surface area (Å²) in [5.74, 6) is 0. The Hall–Kier alpha value is -6.41. The van der Waals surface area contributed by atoms with E-state index in [1.54, 1.807) is 11.8 Å². The van der Waals surface area contributed by atoms with Crippen molar-refractivity contribution in [3.8, 4) is 22.3 Å². The number of thioether (sulfide) groups is 1. The SMILES string of the molecule is C=C1/C=C\C=C/S/C=C(c2ccc(C)cc2)\C=C/C1=C.CCCc1ccc2c(c1)C(C)(C)c1ccccc1-2.Cc1cccc(-c2ccc(C(C)(C)c3cc(C4=CCCC=C4)ccc3C)cc2)c1. The molecule has 6 aromatic rings. The number of benzene rings is 6. The van der Waals surface area contributed by atoms with Gasteiger partial charge in [0, 0.05) is 10.8 Å². The Morgan fingerprint density at radius 2 is 1.30 bits per heavy atom. The van der Waals surface area contributed by atoms with E-state index in [9.17, 15) is 0 Å². The molecule has 0 atom stereocenters. The molecule has 0 N–H and O–H groups in total. The maximum absolute atomic E-state index is 4.05. The van der Waals surface area contributed by atoms with E-state index >= 15 is 0 Å². The molecule has 338 valence electrons. The molecule has 0 spiro atoms. The van der Waals surface area contributed by atoms with E-state index in [4.69, 9.17) is 0 Å². The molecule has 0 amide bonds. The quantitative estimate of drug-likeness (QED) is 0.154. The van der Waals surface area contributed by atoms with Crippen LogP contribution in [-0.2, 0) is 17.3 Å². The molecule has 0 unspecified atom stereocenters. The molecule has 2 aliphatic carbocycles. The lowest BCUT2D eigenvalue weighted by Crippen LogP contribution is -2.20. The molecule has 0 fully saturated rings. The van der Waals surface area contributed by atoms with Crippen LogP contribution in [0.3, 0.4) is 0 Å². The first kappa shape index (κ1) is 48.5. The van der Waals surface area contributed by atoms with Crippen molar-refractivity contribution < 1.29 is 0 Å². The maximum atomic E-state index is 4.05. The molecule has 0 bridgehead atoms. The highest BCUT2D eigenvalue weighted by Gasteiger charge is 2.35. The van der Waals surface area contributed by atoms with Crippen LogP contribution in [-0.4, -0.2) is 0 Å². The van der Waals surface area contributed by atoms with Gasteiger partial charge in [0.15, 0.2) is 0 Å². The van der Waals surface area contributed by atoms with Gasteiger partial charge in [-0.2, -0.15) is 0 Å². The van der Waals surface area contributed by atoms with Gasteiger partial charge in [0.1, 0.15) is 0 Å². The Kier molecular flexibility index (Phi) is 15.9. The van der Waals surface area contributed by atoms with Crippen molar-refractivity contribution in [2.75, 3.05) is 0 Å². The van der Waals surface area contributed by atoms with Crippen molar-refractivity contribution in [1.29, 1.82) is 0 Å². The highest BCUT2D eigenvalue weighted by atomic mass is 32.2. The van der Waals surface area contributed by atoms with Crippen LogP contribution in [0.4, 0.5) is 0 Å². The lowest BCUT2D eigenvalue weighted by Gasteiger charge is -2.29. The molecule has 1 heterocycles. The Morgan fingerprint density at radius 1 is 0.582 bits per heavy atom. The van der Waals surface area contributed by atoms with Gasteiger partial charge in [0.2, 0.25) is 0 Å². The van der Waals surface area contributed by atoms with Crippen LogP contribution < -0.4 is 0 Å². The van der Waals surface area contributed by atoms with Crippen LogP contribution in [0.5, 0.6) is 0 Å². The summed E-state index contributed by atoms with van der Waals surface area (Å²) in [7, 11) is 0. The fraction of sp³-hybridized carbons (Fsp3) is 0.212. The third-order valence-corrected chi connectivity index (χ3v) is 14.1. The molecule has 67 heavy (non-hydrogen) atoms. The lowest BCUT2D eigenvalue weighted by atomic mass is 9.75. The van der Waals surface area contributed by atoms with E-state index in [-0.39, 0.29) is 10.8 Å². The monoisotopic (exact) mass is 893 g/mol. The number of allylic oxidation sites excluding steroid dienone is 12. The molecule has 3 aliphatic rings. The topological polar surface area (TPSA) is 0 Å². The Balaban J connectivity index is 0.000000155. The molecule has 9 rings (SSSR count). The van der Waals surface area contributed by atoms with Crippen LogP contribution in [0.25, 0.3) is 33.4 Å². The van der Waals surface area contributed by atoms with Crippen LogP contribution in [0.1, 0.15) is 110 Å². The molecular formula is C66H68S. The van der Waals surface area contributed by atoms with Crippen molar-refractivity contribution in [3.63, 3.8) is 0 Å². The molecule has 1 aliphatic heterocycles. The first-order valence-electron chi connectivity index (χ1n) is 24.0. The molecular weight excluding hydrogens is 825 g/mol. The van der Waals surface area contributed by atoms with Gasteiger partial charge >= 0.3 is 0 Å². The van der Waals surface area contributed by atoms with Crippen molar-refractivity contribution in [3.05, 3.63) is 273 Å². The summed E-state index contributed by atoms with van der Waals surface area (Å²) in [6.45, 7) is 26.1. The minimum atomic E-state index is -0.0514. The second kappa shape index (κ2) is 21.9. The molecule has 6 aromatic carbocycles. The summed E-state index contributed by atoms with van der Waals surface area (Å²) in [6, 6.07) is 49.1. The lowest BCUT2D eigenvalue weighted by molar-refractivity contribution is 0.636. The van der Waals surface area contributed by atoms with Crippen LogP contribution in [0.15, 0.2) is 217 Å². The van der Waals surface area contributed by atoms with Gasteiger partial charge in [-0.15, -0.1) is 11.8 Å². The van der Waals surface area contributed by atoms with Gasteiger partial charge < -0.3 is 0 Å². The van der Waals surface area contributed by atoms with Crippen LogP contribution in [0.2, 0.25) is 0 Å². The van der Waals surface area contributed by atoms with Crippen LogP contribution in [0, 0.1) is 20.8 Å². The van der Waals surface area contributed by atoms with Crippen molar-refractivity contribution in [2.45, 2.75) is 91.9 Å². The molecule has 0 radical (unpaired) electrons. The smallest absolute Gasteiger partial charge is 0.0158 e. The van der Waals surface area contributed by atoms with E-state index in [2.05, 4.69) is 237 Å². The molecule has 0 nitrogen and oxygen atoms in total. The normalized spacial score (nSPS) is 17.1. The zero-order valence-corrected chi connectivity index (χ0v) is 41.9. The van der Waals surface area contributed by atoms with Crippen molar-refractivity contribution in [1.82, 2.24) is 0 Å². The van der Waals surface area contributed by atoms with Crippen LogP contribution >= 0.6 is 11.8 Å². The summed E-state index contributed by atoms with van der Waals surface area (Å²) >= 11 is 1.67. The minimum absolute atomic E-state index is 0.0514. The number of hydrogen-bond acceptors (Lipinski definition) is 1. The Bertz CT molecular complexity index is 2910. The summed E-state index contributed by atoms with van der Waals surface area (Å²) in [6.07, 6.45) is 21.7. The number of hydrogen-bond donors (Lipinski definition) is 0. The zero-order valence-electron chi connectivity index (χ0n) is 41.1. The zero-order chi connectivity index (χ0) is 47.6. The number of rotatable bonds is 7. The summed E-state index contributed by atoms with van der Waals surface area (Å²) in [5, 5.41) is 4.20. The van der Waals surface area contributed by atoms with E-state index in [1.165, 1.54) is 102 Å². The first-order valence-corrected chi connectivity index (χ1v) is 24.9. The molecule has 1 heteroatoms. The largest absolute Gasteiger partial charge is 0.105 e. The maximum Gasteiger partial charge on any atom is 0.0158 e. The average Bonchev–Trinajstić information content (AvgIpc) is 3.55. The van der Waals surface area contributed by atoms with E-state index < -0.39 is 0 Å². The standard InChI is InChI=1S/C29H30.C19H18S.C18H20/c1-21-9-8-12-25(19-21)24-15-17-27(18-16-24)29(3,4)28-20-26(14-13-22(28)2)23-10-6-5-7-11-23;1-15-7-10-18(11-8-15)19-12-9-17(3)16(2)6-4-5-13-20-14-19;1-4-7-13-10-11-15-14-8-5-6-9-16(14)18(2,3)17(15)12-13/h6,8-20H,5,7H2,1-4H3;4-14H,2-3H2,1H3;5-6,8-12H,4,7H2,1-3H3/b;6-4-,12-9-,13-5-,19-14+;. The third kappa shape index (κ3) is 11.8. The van der Waals surface area contributed by atoms with Crippen molar-refractivity contribution in [2.24, 2.45) is 0 Å². The second-order valence-electron chi connectivity index (χ2n) is 19.2. The van der Waals surface area contributed by atoms with E-state index in [1.807, 2.05) is 24.3 Å². The fourth-order valence-corrected chi connectivity index (χ4v) is 9.91. The summed E-state index contributed by atoms with van der Waals surface area (Å²) in [4.78, 5) is 0. The van der Waals surface area contributed by atoms with Gasteiger partial charge in [-0.25, -0.2) is 0 Å². The summed E-state index contributed by atoms with van der Waals surface area (Å²) in [5.41, 5.74) is 23.5. The fourth-order valence-electron chi connectivity index (χ4n) is 9.29. The number of aryl methyl sites for hydroxylation is 4. The molecule has 0 saturated heterocycles. The van der Waals surface area contributed by atoms with Crippen molar-refractivity contribution >= 4 is 22.9 Å². The highest BCUT2D eigenvalue weighted by molar-refractivity contribution is 8.05. The van der Waals surface area contributed by atoms with Gasteiger partial charge in [0.25, 0.3) is 0 Å². The highest BCUT2D eigenvalue weighted by Crippen LogP contribution is 2.48. The predicted octanol–water partition coefficient (Wildman–Crippen LogP) is 18.8. The van der Waals surface area contributed by atoms with E-state index in [0.717, 1.165) is 24.0 Å². The van der Waals surface area contributed by atoms with Gasteiger partial charge in [0.05, 0.1) is 0 Å². The predicted molar refractivity (Wildman–Crippen MR) is 297 cm³/mol. The minimum Gasteiger partial charge on any atom is -0.105 e. The number of fused-ring (bicyclic) bond motifs is 3. The van der Waals surface area contributed by atoms with Gasteiger partial charge in [-0.1, -0.05) is 247 Å². The van der Waals surface area contributed by atoms with Gasteiger partial charge in [-0.3, -0.25) is 0 Å². The van der Waals surface area contributed by atoms with Gasteiger partial charge in [-0.05, 0) is 140 Å². The Morgan fingerprint density at radius 3 is 2.03 bits per heavy atom. The molecule has 0 saturated carbocycles. The molecule has 0 aromatic heterocycles. The first-order chi connectivity index (χ1) is 32.3. The second-order valence-corrected chi connectivity index (χ2v) is 20.0. The summed E-state index contributed by atoms with van der Waals surface area (Å²) < 4.78 is 0. The third-order valence-electron chi connectivity index (χ3n) is 13.4. The Labute approximate surface area is 407 Å².